The molecule has 3 rings (SSSR count). The number of amides is 1. The number of nitrogens with zero attached hydrogens (tertiary/aromatic N) is 6. The molecule has 0 bridgehead atoms. The van der Waals surface area contributed by atoms with E-state index in [0.29, 0.717) is 6.04 Å². The zero-order valence-corrected chi connectivity index (χ0v) is 15.4. The van der Waals surface area contributed by atoms with Crippen molar-refractivity contribution in [3.05, 3.63) is 36.7 Å². The standard InChI is InChI=1S/C18H28N6O/c1-15(2)23-11-7-19-17(23)14-21-8-5-9-22(13-12-21)18(25)16(3)24-10-4-6-20-24/h4,6-7,10-11,15-16H,5,8-9,12-14H2,1-3H3. The molecule has 25 heavy (non-hydrogen) atoms. The lowest BCUT2D eigenvalue weighted by Gasteiger charge is -2.25. The van der Waals surface area contributed by atoms with Gasteiger partial charge in [-0.1, -0.05) is 0 Å². The molecule has 1 amide bonds. The molecule has 1 atom stereocenters. The van der Waals surface area contributed by atoms with Gasteiger partial charge < -0.3 is 9.47 Å². The highest BCUT2D eigenvalue weighted by atomic mass is 16.2. The largest absolute Gasteiger partial charge is 0.340 e. The van der Waals surface area contributed by atoms with Gasteiger partial charge in [-0.3, -0.25) is 14.4 Å². The average Bonchev–Trinajstić information content (AvgIpc) is 3.23. The molecule has 0 saturated carbocycles. The summed E-state index contributed by atoms with van der Waals surface area (Å²) in [7, 11) is 0. The molecule has 136 valence electrons. The van der Waals surface area contributed by atoms with E-state index in [1.807, 2.05) is 36.5 Å². The van der Waals surface area contributed by atoms with Gasteiger partial charge in [0.25, 0.3) is 0 Å². The van der Waals surface area contributed by atoms with Crippen LogP contribution in [0.1, 0.15) is 45.1 Å². The first kappa shape index (κ1) is 17.7. The van der Waals surface area contributed by atoms with Gasteiger partial charge in [-0.2, -0.15) is 5.10 Å². The molecule has 0 radical (unpaired) electrons. The number of imidazole rings is 1. The summed E-state index contributed by atoms with van der Waals surface area (Å²) in [5.74, 6) is 1.24. The van der Waals surface area contributed by atoms with Crippen LogP contribution in [0.3, 0.4) is 0 Å². The molecule has 1 saturated heterocycles. The van der Waals surface area contributed by atoms with Gasteiger partial charge in [-0.05, 0) is 33.3 Å². The van der Waals surface area contributed by atoms with Gasteiger partial charge in [0.05, 0.1) is 6.54 Å². The second kappa shape index (κ2) is 7.82. The predicted molar refractivity (Wildman–Crippen MR) is 96.0 cm³/mol. The topological polar surface area (TPSA) is 59.2 Å². The zero-order valence-electron chi connectivity index (χ0n) is 15.4. The lowest BCUT2D eigenvalue weighted by Crippen LogP contribution is -2.39. The lowest BCUT2D eigenvalue weighted by atomic mass is 10.2. The lowest BCUT2D eigenvalue weighted by molar-refractivity contribution is -0.134. The van der Waals surface area contributed by atoms with Crippen LogP contribution in [-0.4, -0.2) is 61.2 Å². The molecule has 1 unspecified atom stereocenters. The first-order chi connectivity index (χ1) is 12.1. The first-order valence-electron chi connectivity index (χ1n) is 9.08. The van der Waals surface area contributed by atoms with E-state index in [4.69, 9.17) is 0 Å². The molecule has 2 aromatic rings. The quantitative estimate of drug-likeness (QED) is 0.832. The van der Waals surface area contributed by atoms with Gasteiger partial charge >= 0.3 is 0 Å². The number of aromatic nitrogens is 4. The molecule has 7 nitrogen and oxygen atoms in total. The monoisotopic (exact) mass is 344 g/mol. The second-order valence-corrected chi connectivity index (χ2v) is 6.96. The summed E-state index contributed by atoms with van der Waals surface area (Å²) in [5, 5.41) is 4.19. The molecule has 0 spiro atoms. The van der Waals surface area contributed by atoms with Crippen molar-refractivity contribution in [2.45, 2.75) is 45.8 Å². The highest BCUT2D eigenvalue weighted by Gasteiger charge is 2.25. The number of carbonyl (C=O) groups excluding carboxylic acids is 1. The smallest absolute Gasteiger partial charge is 0.247 e. The maximum atomic E-state index is 12.7. The van der Waals surface area contributed by atoms with Gasteiger partial charge in [0.1, 0.15) is 11.9 Å². The Labute approximate surface area is 149 Å². The molecule has 0 N–H and O–H groups in total. The number of hydrogen-bond acceptors (Lipinski definition) is 4. The van der Waals surface area contributed by atoms with Crippen LogP contribution < -0.4 is 0 Å². The van der Waals surface area contributed by atoms with Gasteiger partial charge in [0.2, 0.25) is 5.91 Å². The summed E-state index contributed by atoms with van der Waals surface area (Å²) in [5.41, 5.74) is 0. The number of hydrogen-bond donors (Lipinski definition) is 0. The maximum Gasteiger partial charge on any atom is 0.247 e. The molecule has 0 aliphatic carbocycles. The van der Waals surface area contributed by atoms with Crippen LogP contribution in [0.15, 0.2) is 30.9 Å². The second-order valence-electron chi connectivity index (χ2n) is 6.96. The van der Waals surface area contributed by atoms with E-state index in [0.717, 1.165) is 45.0 Å². The van der Waals surface area contributed by atoms with Crippen molar-refractivity contribution in [3.63, 3.8) is 0 Å². The van der Waals surface area contributed by atoms with Gasteiger partial charge in [-0.25, -0.2) is 4.98 Å². The summed E-state index contributed by atoms with van der Waals surface area (Å²) in [6.45, 7) is 10.5. The maximum absolute atomic E-state index is 12.7. The van der Waals surface area contributed by atoms with Crippen LogP contribution in [0, 0.1) is 0 Å². The number of rotatable bonds is 5. The molecule has 7 heteroatoms. The first-order valence-corrected chi connectivity index (χ1v) is 9.08. The van der Waals surface area contributed by atoms with Crippen LogP contribution in [0.4, 0.5) is 0 Å². The Morgan fingerprint density at radius 3 is 2.68 bits per heavy atom. The van der Waals surface area contributed by atoms with E-state index in [1.165, 1.54) is 0 Å². The molecule has 1 fully saturated rings. The Balaban J connectivity index is 1.58. The average molecular weight is 344 g/mol. The zero-order chi connectivity index (χ0) is 17.8. The van der Waals surface area contributed by atoms with Crippen LogP contribution in [0.2, 0.25) is 0 Å². The van der Waals surface area contributed by atoms with E-state index < -0.39 is 0 Å². The third-order valence-corrected chi connectivity index (χ3v) is 4.85. The number of carbonyl (C=O) groups is 1. The minimum atomic E-state index is -0.249. The molecular weight excluding hydrogens is 316 g/mol. The summed E-state index contributed by atoms with van der Waals surface area (Å²) in [6, 6.07) is 2.02. The third-order valence-electron chi connectivity index (χ3n) is 4.85. The minimum Gasteiger partial charge on any atom is -0.340 e. The summed E-state index contributed by atoms with van der Waals surface area (Å²) >= 11 is 0. The van der Waals surface area contributed by atoms with E-state index in [9.17, 15) is 4.79 Å². The Bertz CT molecular complexity index is 678. The normalized spacial score (nSPS) is 17.7. The van der Waals surface area contributed by atoms with E-state index in [2.05, 4.69) is 33.4 Å². The van der Waals surface area contributed by atoms with E-state index in [1.54, 1.807) is 10.9 Å². The highest BCUT2D eigenvalue weighted by Crippen LogP contribution is 2.15. The Morgan fingerprint density at radius 2 is 1.96 bits per heavy atom. The molecule has 0 aromatic carbocycles. The Kier molecular flexibility index (Phi) is 5.53. The van der Waals surface area contributed by atoms with Crippen molar-refractivity contribution in [2.24, 2.45) is 0 Å². The fourth-order valence-electron chi connectivity index (χ4n) is 3.37. The van der Waals surface area contributed by atoms with E-state index in [-0.39, 0.29) is 11.9 Å². The minimum absolute atomic E-state index is 0.147. The molecule has 3 heterocycles. The van der Waals surface area contributed by atoms with Crippen LogP contribution in [0.5, 0.6) is 0 Å². The summed E-state index contributed by atoms with van der Waals surface area (Å²) < 4.78 is 3.94. The highest BCUT2D eigenvalue weighted by molar-refractivity contribution is 5.80. The predicted octanol–water partition coefficient (Wildman–Crippen LogP) is 1.96. The third kappa shape index (κ3) is 4.10. The molecule has 2 aromatic heterocycles. The summed E-state index contributed by atoms with van der Waals surface area (Å²) in [6.07, 6.45) is 8.46. The Hall–Kier alpha value is -2.15. The van der Waals surface area contributed by atoms with E-state index >= 15 is 0 Å². The van der Waals surface area contributed by atoms with Crippen molar-refractivity contribution >= 4 is 5.91 Å². The van der Waals surface area contributed by atoms with Crippen molar-refractivity contribution < 1.29 is 4.79 Å². The fraction of sp³-hybridized carbons (Fsp3) is 0.611. The van der Waals surface area contributed by atoms with Crippen LogP contribution in [0.25, 0.3) is 0 Å². The molecule has 1 aliphatic heterocycles. The van der Waals surface area contributed by atoms with Gasteiger partial charge in [0.15, 0.2) is 0 Å². The molecule has 1 aliphatic rings. The summed E-state index contributed by atoms with van der Waals surface area (Å²) in [4.78, 5) is 21.6. The van der Waals surface area contributed by atoms with Gasteiger partial charge in [-0.15, -0.1) is 0 Å². The molecular formula is C18H28N6O. The van der Waals surface area contributed by atoms with Crippen LogP contribution in [-0.2, 0) is 11.3 Å². The van der Waals surface area contributed by atoms with Crippen molar-refractivity contribution in [2.75, 3.05) is 26.2 Å². The Morgan fingerprint density at radius 1 is 1.12 bits per heavy atom. The van der Waals surface area contributed by atoms with Crippen molar-refractivity contribution in [1.29, 1.82) is 0 Å². The van der Waals surface area contributed by atoms with Crippen molar-refractivity contribution in [3.8, 4) is 0 Å². The van der Waals surface area contributed by atoms with Crippen molar-refractivity contribution in [1.82, 2.24) is 29.1 Å². The van der Waals surface area contributed by atoms with Gasteiger partial charge in [0, 0.05) is 57.0 Å². The van der Waals surface area contributed by atoms with Crippen LogP contribution >= 0.6 is 0 Å². The fourth-order valence-corrected chi connectivity index (χ4v) is 3.37. The SMILES string of the molecule is CC(C(=O)N1CCCN(Cc2nccn2C(C)C)CC1)n1cccn1.